The Bertz CT molecular complexity index is 1450. The summed E-state index contributed by atoms with van der Waals surface area (Å²) in [6, 6.07) is 16.0. The van der Waals surface area contributed by atoms with Gasteiger partial charge in [-0.1, -0.05) is 18.2 Å². The Balaban J connectivity index is 3.37. The first-order valence-corrected chi connectivity index (χ1v) is 40.5. The third kappa shape index (κ3) is 13.2. The second-order valence-corrected chi connectivity index (χ2v) is 51.7. The topological polar surface area (TPSA) is 103 Å². The van der Waals surface area contributed by atoms with E-state index in [1.807, 2.05) is 6.07 Å². The fraction of sp³-hybridized carbons (Fsp3) is 0.562. The van der Waals surface area contributed by atoms with Crippen molar-refractivity contribution in [2.45, 2.75) is 118 Å². The summed E-state index contributed by atoms with van der Waals surface area (Å²) in [6.07, 6.45) is 0. The lowest BCUT2D eigenvalue weighted by molar-refractivity contribution is 0.265. The molecular formula is C32H60N2O6Si8. The molecule has 0 fully saturated rings. The molecule has 2 aromatic rings. The van der Waals surface area contributed by atoms with E-state index in [0.717, 1.165) is 21.5 Å². The molecule has 266 valence electrons. The second-order valence-electron chi connectivity index (χ2n) is 18.1. The smallest absolute Gasteiger partial charge is 0.414 e. The van der Waals surface area contributed by atoms with Crippen molar-refractivity contribution in [1.29, 1.82) is 10.5 Å². The molecular weight excluding hydrogens is 733 g/mol. The third-order valence-corrected chi connectivity index (χ3v) is 29.5. The molecule has 0 aliphatic rings. The van der Waals surface area contributed by atoms with Crippen LogP contribution in [0.4, 0.5) is 0 Å². The molecule has 2 aromatic carbocycles. The van der Waals surface area contributed by atoms with E-state index in [9.17, 15) is 10.5 Å². The van der Waals surface area contributed by atoms with Crippen molar-refractivity contribution in [2.24, 2.45) is 0 Å². The molecule has 16 heteroatoms. The zero-order valence-electron chi connectivity index (χ0n) is 32.8. The molecule has 0 heterocycles. The number of benzene rings is 2. The lowest BCUT2D eigenvalue weighted by atomic mass is 10.0. The van der Waals surface area contributed by atoms with Crippen molar-refractivity contribution in [3.05, 3.63) is 47.5 Å². The molecule has 0 spiro atoms. The van der Waals surface area contributed by atoms with E-state index in [-0.39, 0.29) is 0 Å². The first-order chi connectivity index (χ1) is 21.3. The summed E-state index contributed by atoms with van der Waals surface area (Å²) in [6.45, 7) is 39.3. The standard InChI is InChI=1S/C32H60N2O6Si8/c1-41(2,3)35-47(36-42(4,5)6,37-43(7,8)9)31-22-21-28(27-19-20-29(25-33)30(23-27)26-34)24-32(31)48(38-44(10,11)12,39-45(13,14)15)40-46(16,17)18/h19-24H,1-18H3. The van der Waals surface area contributed by atoms with E-state index in [2.05, 4.69) is 148 Å². The minimum absolute atomic E-state index is 0.328. The second kappa shape index (κ2) is 14.9. The molecule has 8 nitrogen and oxygen atoms in total. The van der Waals surface area contributed by atoms with Crippen LogP contribution in [0.2, 0.25) is 118 Å². The van der Waals surface area contributed by atoms with Gasteiger partial charge in [0.25, 0.3) is 0 Å². The number of hydrogen-bond donors (Lipinski definition) is 0. The van der Waals surface area contributed by atoms with E-state index in [4.69, 9.17) is 24.7 Å². The molecule has 0 aromatic heterocycles. The van der Waals surface area contributed by atoms with E-state index in [0.29, 0.717) is 11.1 Å². The fourth-order valence-electron chi connectivity index (χ4n) is 5.03. The van der Waals surface area contributed by atoms with Crippen molar-refractivity contribution >= 4 is 77.9 Å². The maximum absolute atomic E-state index is 9.89. The molecule has 2 rings (SSSR count). The third-order valence-electron chi connectivity index (χ3n) is 5.92. The molecule has 48 heavy (non-hydrogen) atoms. The number of hydrogen-bond acceptors (Lipinski definition) is 8. The van der Waals surface area contributed by atoms with E-state index in [1.165, 1.54) is 0 Å². The van der Waals surface area contributed by atoms with Gasteiger partial charge < -0.3 is 24.7 Å². The number of nitrogens with zero attached hydrogens (tertiary/aromatic N) is 2. The SMILES string of the molecule is C[Si](C)(C)O[Si](O[Si](C)(C)C)(O[Si](C)(C)C)c1ccc(-c2ccc(C#N)c(C#N)c2)cc1[Si](O[Si](C)(C)C)(O[Si](C)(C)C)O[Si](C)(C)C. The summed E-state index contributed by atoms with van der Waals surface area (Å²) in [7, 11) is -21.3. The van der Waals surface area contributed by atoms with Gasteiger partial charge in [0.1, 0.15) is 12.1 Å². The summed E-state index contributed by atoms with van der Waals surface area (Å²) in [5.41, 5.74) is 2.34. The molecule has 0 unspecified atom stereocenters. The highest BCUT2D eigenvalue weighted by Crippen LogP contribution is 2.32. The van der Waals surface area contributed by atoms with Crippen molar-refractivity contribution in [3.63, 3.8) is 0 Å². The van der Waals surface area contributed by atoms with Gasteiger partial charge in [0, 0.05) is 10.4 Å². The average Bonchev–Trinajstić information content (AvgIpc) is 2.81. The van der Waals surface area contributed by atoms with Crippen LogP contribution in [-0.2, 0) is 24.7 Å². The molecule has 0 saturated heterocycles. The van der Waals surface area contributed by atoms with Gasteiger partial charge in [0.2, 0.25) is 0 Å². The maximum atomic E-state index is 9.89. The first-order valence-electron chi connectivity index (χ1n) is 16.6. The van der Waals surface area contributed by atoms with Crippen molar-refractivity contribution in [3.8, 4) is 23.3 Å². The molecule has 0 N–H and O–H groups in total. The fourth-order valence-corrected chi connectivity index (χ4v) is 32.6. The quantitative estimate of drug-likeness (QED) is 0.166. The van der Waals surface area contributed by atoms with Crippen molar-refractivity contribution in [2.75, 3.05) is 0 Å². The van der Waals surface area contributed by atoms with Crippen LogP contribution in [0, 0.1) is 22.7 Å². The van der Waals surface area contributed by atoms with Gasteiger partial charge in [0.05, 0.1) is 11.1 Å². The van der Waals surface area contributed by atoms with Crippen LogP contribution in [0.25, 0.3) is 11.1 Å². The lowest BCUT2D eigenvalue weighted by Gasteiger charge is -2.47. The predicted octanol–water partition coefficient (Wildman–Crippen LogP) is 8.50. The summed E-state index contributed by atoms with van der Waals surface area (Å²) < 4.78 is 44.0. The van der Waals surface area contributed by atoms with E-state index >= 15 is 0 Å². The molecule has 0 atom stereocenters. The summed E-state index contributed by atoms with van der Waals surface area (Å²) in [5, 5.41) is 21.2. The van der Waals surface area contributed by atoms with E-state index in [1.54, 1.807) is 12.1 Å². The summed E-state index contributed by atoms with van der Waals surface area (Å²) in [5.74, 6) is 0. The Morgan fingerprint density at radius 3 is 0.979 bits per heavy atom. The molecule has 0 amide bonds. The van der Waals surface area contributed by atoms with Crippen LogP contribution in [0.5, 0.6) is 0 Å². The largest absolute Gasteiger partial charge is 0.505 e. The monoisotopic (exact) mass is 792 g/mol. The van der Waals surface area contributed by atoms with Crippen LogP contribution in [0.15, 0.2) is 36.4 Å². The van der Waals surface area contributed by atoms with Gasteiger partial charge in [-0.2, -0.15) is 10.5 Å². The van der Waals surface area contributed by atoms with Crippen molar-refractivity contribution < 1.29 is 24.7 Å². The summed E-state index contributed by atoms with van der Waals surface area (Å²) >= 11 is 0. The Hall–Kier alpha value is -1.08. The molecule has 0 saturated carbocycles. The first kappa shape index (κ1) is 43.1. The zero-order valence-corrected chi connectivity index (χ0v) is 40.8. The zero-order chi connectivity index (χ0) is 37.4. The Labute approximate surface area is 300 Å². The minimum Gasteiger partial charge on any atom is -0.414 e. The normalized spacial score (nSPS) is 14.1. The molecule has 0 aliphatic carbocycles. The van der Waals surface area contributed by atoms with Crippen LogP contribution >= 0.6 is 0 Å². The Morgan fingerprint density at radius 2 is 0.667 bits per heavy atom. The lowest BCUT2D eigenvalue weighted by Crippen LogP contribution is -2.77. The minimum atomic E-state index is -3.75. The Morgan fingerprint density at radius 1 is 0.375 bits per heavy atom. The molecule has 0 radical (unpaired) electrons. The highest BCUT2D eigenvalue weighted by molar-refractivity contribution is 7.02. The van der Waals surface area contributed by atoms with Crippen LogP contribution < -0.4 is 10.4 Å². The molecule has 0 bridgehead atoms. The average molecular weight is 794 g/mol. The highest BCUT2D eigenvalue weighted by Gasteiger charge is 2.60. The van der Waals surface area contributed by atoms with Gasteiger partial charge in [-0.05, 0) is 147 Å². The van der Waals surface area contributed by atoms with Crippen LogP contribution in [-0.4, -0.2) is 67.5 Å². The van der Waals surface area contributed by atoms with Crippen LogP contribution in [0.1, 0.15) is 11.1 Å². The molecule has 0 aliphatic heterocycles. The number of nitriles is 2. The van der Waals surface area contributed by atoms with Crippen LogP contribution in [0.3, 0.4) is 0 Å². The number of rotatable bonds is 15. The summed E-state index contributed by atoms with van der Waals surface area (Å²) in [4.78, 5) is 0. The maximum Gasteiger partial charge on any atom is 0.505 e. The van der Waals surface area contributed by atoms with Gasteiger partial charge >= 0.3 is 17.6 Å². The van der Waals surface area contributed by atoms with Gasteiger partial charge in [0.15, 0.2) is 49.9 Å². The van der Waals surface area contributed by atoms with Gasteiger partial charge in [-0.15, -0.1) is 0 Å². The highest BCUT2D eigenvalue weighted by atomic mass is 28.5. The van der Waals surface area contributed by atoms with E-state index < -0.39 is 67.5 Å². The predicted molar refractivity (Wildman–Crippen MR) is 219 cm³/mol. The van der Waals surface area contributed by atoms with Gasteiger partial charge in [-0.25, -0.2) is 0 Å². The Kier molecular flexibility index (Phi) is 13.3. The van der Waals surface area contributed by atoms with Gasteiger partial charge in [-0.3, -0.25) is 0 Å². The van der Waals surface area contributed by atoms with Crippen molar-refractivity contribution in [1.82, 2.24) is 0 Å².